The monoisotopic (exact) mass is 449 g/mol. The number of anilines is 1. The summed E-state index contributed by atoms with van der Waals surface area (Å²) in [4.78, 5) is 20.9. The lowest BCUT2D eigenvalue weighted by atomic mass is 10.1. The van der Waals surface area contributed by atoms with Crippen molar-refractivity contribution >= 4 is 24.3 Å². The first kappa shape index (κ1) is 22.4. The number of aliphatic imine (C=N–C) groups is 1. The molecule has 4 aromatic rings. The minimum absolute atomic E-state index is 0.0673. The van der Waals surface area contributed by atoms with Crippen molar-refractivity contribution in [3.8, 4) is 28.6 Å². The van der Waals surface area contributed by atoms with E-state index in [1.54, 1.807) is 36.7 Å². The Hall–Kier alpha value is -4.77. The maximum Gasteiger partial charge on any atom is 0.174 e. The number of aromatic nitrogens is 4. The highest BCUT2D eigenvalue weighted by Crippen LogP contribution is 2.29. The Kier molecular flexibility index (Phi) is 6.46. The van der Waals surface area contributed by atoms with Crippen LogP contribution in [0.5, 0.6) is 0 Å². The second-order valence-corrected chi connectivity index (χ2v) is 7.40. The van der Waals surface area contributed by atoms with Gasteiger partial charge in [0.05, 0.1) is 28.8 Å². The third kappa shape index (κ3) is 4.54. The normalized spacial score (nSPS) is 10.4. The van der Waals surface area contributed by atoms with Gasteiger partial charge in [0.15, 0.2) is 11.6 Å². The fourth-order valence-corrected chi connectivity index (χ4v) is 3.47. The third-order valence-electron chi connectivity index (χ3n) is 5.16. The molecule has 0 amide bonds. The number of aryl methyl sites for hydroxylation is 1. The zero-order chi connectivity index (χ0) is 24.1. The predicted molar refractivity (Wildman–Crippen MR) is 131 cm³/mol. The summed E-state index contributed by atoms with van der Waals surface area (Å²) >= 11 is 0. The van der Waals surface area contributed by atoms with Crippen LogP contribution in [-0.4, -0.2) is 26.7 Å². The lowest BCUT2D eigenvalue weighted by Gasteiger charge is -2.11. The van der Waals surface area contributed by atoms with Gasteiger partial charge in [0.1, 0.15) is 6.07 Å². The Morgan fingerprint density at radius 2 is 1.94 bits per heavy atom. The topological polar surface area (TPSA) is 99.7 Å². The first-order valence-electron chi connectivity index (χ1n) is 10.3. The van der Waals surface area contributed by atoms with E-state index >= 15 is 4.39 Å². The summed E-state index contributed by atoms with van der Waals surface area (Å²) in [7, 11) is 0. The van der Waals surface area contributed by atoms with Crippen LogP contribution >= 0.6 is 0 Å². The first-order valence-corrected chi connectivity index (χ1v) is 10.3. The van der Waals surface area contributed by atoms with Crippen molar-refractivity contribution in [2.24, 2.45) is 4.99 Å². The van der Waals surface area contributed by atoms with E-state index in [-0.39, 0.29) is 17.9 Å². The number of nitrogens with one attached hydrogen (secondary N) is 1. The fraction of sp³-hybridized carbons (Fsp3) is 0.0769. The smallest absolute Gasteiger partial charge is 0.174 e. The fourth-order valence-electron chi connectivity index (χ4n) is 3.47. The molecule has 166 valence electrons. The minimum Gasteiger partial charge on any atom is -0.363 e. The van der Waals surface area contributed by atoms with Crippen molar-refractivity contribution < 1.29 is 4.39 Å². The summed E-state index contributed by atoms with van der Waals surface area (Å²) in [6, 6.07) is 10.8. The second-order valence-electron chi connectivity index (χ2n) is 7.40. The van der Waals surface area contributed by atoms with Crippen LogP contribution in [0.3, 0.4) is 0 Å². The van der Waals surface area contributed by atoms with E-state index in [1.165, 1.54) is 12.4 Å². The Balaban J connectivity index is 1.59. The van der Waals surface area contributed by atoms with E-state index in [9.17, 15) is 5.26 Å². The van der Waals surface area contributed by atoms with Crippen molar-refractivity contribution in [2.75, 3.05) is 5.32 Å². The summed E-state index contributed by atoms with van der Waals surface area (Å²) in [5.74, 6) is -0.473. The van der Waals surface area contributed by atoms with Crippen molar-refractivity contribution in [3.05, 3.63) is 89.9 Å². The van der Waals surface area contributed by atoms with Gasteiger partial charge >= 0.3 is 0 Å². The Morgan fingerprint density at radius 1 is 1.12 bits per heavy atom. The maximum absolute atomic E-state index is 15.2. The minimum atomic E-state index is -0.540. The number of hydrogen-bond donors (Lipinski definition) is 1. The Morgan fingerprint density at radius 3 is 2.68 bits per heavy atom. The number of halogens is 1. The highest BCUT2D eigenvalue weighted by molar-refractivity contribution is 5.72. The third-order valence-corrected chi connectivity index (χ3v) is 5.16. The molecular weight excluding hydrogens is 429 g/mol. The molecule has 0 unspecified atom stereocenters. The molecule has 0 aliphatic carbocycles. The first-order chi connectivity index (χ1) is 16.5. The van der Waals surface area contributed by atoms with Gasteiger partial charge in [0.25, 0.3) is 0 Å². The van der Waals surface area contributed by atoms with Gasteiger partial charge in [0, 0.05) is 47.5 Å². The molecule has 0 bridgehead atoms. The summed E-state index contributed by atoms with van der Waals surface area (Å²) in [5, 5.41) is 12.6. The standard InChI is InChI=1S/C26H20FN7/c1-4-18-11-22(32-15-23(18)29-3)21-6-8-31-26(24(21)27)34-14-17-10-20(12-28)25(33-13-17)19-5-7-30-16(2)9-19/h4-11,13,15H,1,3,14H2,2H3,(H,31,34). The number of hydrogen-bond acceptors (Lipinski definition) is 7. The molecule has 1 N–H and O–H groups in total. The molecule has 4 aromatic heterocycles. The molecule has 4 rings (SSSR count). The predicted octanol–water partition coefficient (Wildman–Crippen LogP) is 5.51. The number of pyridine rings is 4. The zero-order valence-corrected chi connectivity index (χ0v) is 18.5. The molecule has 0 spiro atoms. The van der Waals surface area contributed by atoms with E-state index in [4.69, 9.17) is 0 Å². The molecule has 0 saturated carbocycles. The van der Waals surface area contributed by atoms with Crippen LogP contribution in [0.15, 0.2) is 66.7 Å². The summed E-state index contributed by atoms with van der Waals surface area (Å²) < 4.78 is 15.2. The van der Waals surface area contributed by atoms with Crippen LogP contribution in [0.25, 0.3) is 28.6 Å². The van der Waals surface area contributed by atoms with Crippen molar-refractivity contribution in [1.82, 2.24) is 19.9 Å². The summed E-state index contributed by atoms with van der Waals surface area (Å²) in [6.07, 6.45) is 7.97. The molecule has 0 atom stereocenters. The van der Waals surface area contributed by atoms with Crippen LogP contribution in [0.4, 0.5) is 15.9 Å². The number of nitriles is 1. The number of rotatable bonds is 7. The summed E-state index contributed by atoms with van der Waals surface area (Å²) in [5.41, 5.74) is 5.34. The van der Waals surface area contributed by atoms with E-state index in [0.717, 1.165) is 11.3 Å². The summed E-state index contributed by atoms with van der Waals surface area (Å²) in [6.45, 7) is 9.37. The molecular formula is C26H20FN7. The van der Waals surface area contributed by atoms with Crippen LogP contribution in [-0.2, 0) is 6.54 Å². The lowest BCUT2D eigenvalue weighted by Crippen LogP contribution is -2.06. The maximum atomic E-state index is 15.2. The van der Waals surface area contributed by atoms with Gasteiger partial charge < -0.3 is 5.32 Å². The van der Waals surface area contributed by atoms with Crippen LogP contribution < -0.4 is 5.32 Å². The molecule has 7 nitrogen and oxygen atoms in total. The Labute approximate surface area is 196 Å². The molecule has 0 aliphatic rings. The van der Waals surface area contributed by atoms with E-state index in [0.29, 0.717) is 33.8 Å². The van der Waals surface area contributed by atoms with Gasteiger partial charge in [-0.15, -0.1) is 0 Å². The van der Waals surface area contributed by atoms with Crippen molar-refractivity contribution in [3.63, 3.8) is 0 Å². The molecule has 0 aromatic carbocycles. The molecule has 8 heteroatoms. The van der Waals surface area contributed by atoms with Crippen LogP contribution in [0.2, 0.25) is 0 Å². The largest absolute Gasteiger partial charge is 0.363 e. The van der Waals surface area contributed by atoms with Gasteiger partial charge in [-0.25, -0.2) is 9.37 Å². The highest BCUT2D eigenvalue weighted by Gasteiger charge is 2.14. The second kappa shape index (κ2) is 9.79. The zero-order valence-electron chi connectivity index (χ0n) is 18.5. The quantitative estimate of drug-likeness (QED) is 0.374. The molecule has 0 radical (unpaired) electrons. The van der Waals surface area contributed by atoms with Gasteiger partial charge in [-0.2, -0.15) is 5.26 Å². The molecule has 4 heterocycles. The van der Waals surface area contributed by atoms with Gasteiger partial charge in [0.2, 0.25) is 0 Å². The molecule has 34 heavy (non-hydrogen) atoms. The number of nitrogens with zero attached hydrogens (tertiary/aromatic N) is 6. The highest BCUT2D eigenvalue weighted by atomic mass is 19.1. The van der Waals surface area contributed by atoms with E-state index in [1.807, 2.05) is 19.1 Å². The average molecular weight is 449 g/mol. The molecule has 0 aliphatic heterocycles. The van der Waals surface area contributed by atoms with Gasteiger partial charge in [-0.05, 0) is 49.5 Å². The van der Waals surface area contributed by atoms with Crippen LogP contribution in [0.1, 0.15) is 22.4 Å². The van der Waals surface area contributed by atoms with Crippen molar-refractivity contribution in [1.29, 1.82) is 5.26 Å². The average Bonchev–Trinajstić information content (AvgIpc) is 2.87. The van der Waals surface area contributed by atoms with Gasteiger partial charge in [-0.3, -0.25) is 19.9 Å². The SMILES string of the molecule is C=Cc1cc(-c2ccnc(NCc3cnc(-c4ccnc(C)c4)c(C#N)c3)c2F)ncc1N=C. The lowest BCUT2D eigenvalue weighted by molar-refractivity contribution is 0.627. The van der Waals surface area contributed by atoms with E-state index < -0.39 is 5.82 Å². The van der Waals surface area contributed by atoms with E-state index in [2.05, 4.69) is 49.6 Å². The Bertz CT molecular complexity index is 1440. The van der Waals surface area contributed by atoms with Crippen molar-refractivity contribution in [2.45, 2.75) is 13.5 Å². The van der Waals surface area contributed by atoms with Crippen LogP contribution in [0, 0.1) is 24.1 Å². The van der Waals surface area contributed by atoms with Gasteiger partial charge in [-0.1, -0.05) is 12.7 Å². The molecule has 0 saturated heterocycles. The molecule has 0 fully saturated rings.